The van der Waals surface area contributed by atoms with Gasteiger partial charge in [0.05, 0.1) is 15.5 Å². The first-order valence-electron chi connectivity index (χ1n) is 8.27. The minimum atomic E-state index is -0.678. The fourth-order valence-corrected chi connectivity index (χ4v) is 2.73. The second-order valence-corrected chi connectivity index (χ2v) is 5.96. The molecule has 0 aromatic heterocycles. The highest BCUT2D eigenvalue weighted by molar-refractivity contribution is 6.34. The van der Waals surface area contributed by atoms with E-state index in [1.807, 2.05) is 26.0 Å². The SMILES string of the molecule is CCN(CC)c1ccc(C(=O)NNC(=O)c2ccc([N+](=O)[O-])cc2Cl)cc1. The summed E-state index contributed by atoms with van der Waals surface area (Å²) in [5.41, 5.74) is 5.70. The van der Waals surface area contributed by atoms with Crippen LogP contribution in [0.4, 0.5) is 11.4 Å². The van der Waals surface area contributed by atoms with E-state index in [9.17, 15) is 19.7 Å². The number of carbonyl (C=O) groups is 2. The van der Waals surface area contributed by atoms with Crippen molar-refractivity contribution in [3.8, 4) is 0 Å². The Hall–Kier alpha value is -3.13. The average molecular weight is 391 g/mol. The molecule has 2 aromatic rings. The number of nitrogens with one attached hydrogen (secondary N) is 2. The first kappa shape index (κ1) is 20.2. The van der Waals surface area contributed by atoms with E-state index < -0.39 is 16.7 Å². The maximum Gasteiger partial charge on any atom is 0.271 e. The number of carbonyl (C=O) groups excluding carboxylic acids is 2. The van der Waals surface area contributed by atoms with E-state index in [2.05, 4.69) is 15.8 Å². The van der Waals surface area contributed by atoms with Crippen LogP contribution in [0, 0.1) is 10.1 Å². The van der Waals surface area contributed by atoms with Gasteiger partial charge in [0.15, 0.2) is 0 Å². The van der Waals surface area contributed by atoms with Crippen LogP contribution < -0.4 is 15.8 Å². The smallest absolute Gasteiger partial charge is 0.271 e. The van der Waals surface area contributed by atoms with Gasteiger partial charge in [-0.05, 0) is 44.2 Å². The van der Waals surface area contributed by atoms with Crippen LogP contribution in [0.3, 0.4) is 0 Å². The molecule has 2 N–H and O–H groups in total. The molecule has 0 aliphatic carbocycles. The average Bonchev–Trinajstić information content (AvgIpc) is 2.67. The van der Waals surface area contributed by atoms with Gasteiger partial charge in [0.2, 0.25) is 0 Å². The van der Waals surface area contributed by atoms with Crippen molar-refractivity contribution in [1.29, 1.82) is 0 Å². The molecule has 2 amide bonds. The van der Waals surface area contributed by atoms with Gasteiger partial charge in [-0.1, -0.05) is 11.6 Å². The lowest BCUT2D eigenvalue weighted by atomic mass is 10.2. The van der Waals surface area contributed by atoms with E-state index in [-0.39, 0.29) is 16.3 Å². The first-order chi connectivity index (χ1) is 12.9. The highest BCUT2D eigenvalue weighted by atomic mass is 35.5. The summed E-state index contributed by atoms with van der Waals surface area (Å²) in [5, 5.41) is 10.6. The normalized spacial score (nSPS) is 10.2. The van der Waals surface area contributed by atoms with Crippen molar-refractivity contribution in [1.82, 2.24) is 10.9 Å². The fourth-order valence-electron chi connectivity index (χ4n) is 2.47. The van der Waals surface area contributed by atoms with Crippen LogP contribution in [0.5, 0.6) is 0 Å². The van der Waals surface area contributed by atoms with Gasteiger partial charge in [0, 0.05) is 36.5 Å². The summed E-state index contributed by atoms with van der Waals surface area (Å²) in [4.78, 5) is 36.5. The van der Waals surface area contributed by atoms with Crippen molar-refractivity contribution in [2.24, 2.45) is 0 Å². The molecule has 0 aliphatic heterocycles. The molecular formula is C18H19ClN4O4. The van der Waals surface area contributed by atoms with Gasteiger partial charge in [-0.3, -0.25) is 30.6 Å². The van der Waals surface area contributed by atoms with E-state index in [4.69, 9.17) is 11.6 Å². The summed E-state index contributed by atoms with van der Waals surface area (Å²) in [7, 11) is 0. The first-order valence-corrected chi connectivity index (χ1v) is 8.64. The minimum absolute atomic E-state index is 0.0134. The lowest BCUT2D eigenvalue weighted by Gasteiger charge is -2.21. The predicted molar refractivity (Wildman–Crippen MR) is 103 cm³/mol. The number of nitro benzene ring substituents is 1. The van der Waals surface area contributed by atoms with Gasteiger partial charge in [-0.25, -0.2) is 0 Å². The highest BCUT2D eigenvalue weighted by Gasteiger charge is 2.16. The molecule has 0 bridgehead atoms. The summed E-state index contributed by atoms with van der Waals surface area (Å²) < 4.78 is 0. The van der Waals surface area contributed by atoms with Crippen LogP contribution in [-0.2, 0) is 0 Å². The van der Waals surface area contributed by atoms with Gasteiger partial charge in [-0.2, -0.15) is 0 Å². The molecule has 0 atom stereocenters. The number of nitrogens with zero attached hydrogens (tertiary/aromatic N) is 2. The zero-order valence-corrected chi connectivity index (χ0v) is 15.6. The van der Waals surface area contributed by atoms with Crippen molar-refractivity contribution in [2.75, 3.05) is 18.0 Å². The van der Waals surface area contributed by atoms with Crippen molar-refractivity contribution in [3.05, 3.63) is 68.7 Å². The highest BCUT2D eigenvalue weighted by Crippen LogP contribution is 2.22. The number of amides is 2. The zero-order chi connectivity index (χ0) is 20.0. The maximum atomic E-state index is 12.2. The summed E-state index contributed by atoms with van der Waals surface area (Å²) in [5.74, 6) is -1.17. The van der Waals surface area contributed by atoms with E-state index in [0.29, 0.717) is 5.56 Å². The molecule has 9 heteroatoms. The molecule has 2 aromatic carbocycles. The monoisotopic (exact) mass is 390 g/mol. The van der Waals surface area contributed by atoms with Crippen LogP contribution in [-0.4, -0.2) is 29.8 Å². The molecule has 2 rings (SSSR count). The third-order valence-electron chi connectivity index (χ3n) is 3.96. The number of benzene rings is 2. The summed E-state index contributed by atoms with van der Waals surface area (Å²) in [6.45, 7) is 5.80. The van der Waals surface area contributed by atoms with Crippen molar-refractivity contribution >= 4 is 34.8 Å². The third-order valence-corrected chi connectivity index (χ3v) is 4.27. The molecule has 0 spiro atoms. The molecule has 27 heavy (non-hydrogen) atoms. The predicted octanol–water partition coefficient (Wildman–Crippen LogP) is 3.17. The molecule has 142 valence electrons. The number of nitro groups is 1. The lowest BCUT2D eigenvalue weighted by Crippen LogP contribution is -2.41. The summed E-state index contributed by atoms with van der Waals surface area (Å²) in [6, 6.07) is 10.4. The van der Waals surface area contributed by atoms with E-state index in [1.54, 1.807) is 12.1 Å². The number of anilines is 1. The van der Waals surface area contributed by atoms with Crippen molar-refractivity contribution in [2.45, 2.75) is 13.8 Å². The Kier molecular flexibility index (Phi) is 6.73. The zero-order valence-electron chi connectivity index (χ0n) is 14.9. The van der Waals surface area contributed by atoms with Crippen LogP contribution in [0.2, 0.25) is 5.02 Å². The van der Waals surface area contributed by atoms with Gasteiger partial charge in [-0.15, -0.1) is 0 Å². The molecule has 8 nitrogen and oxygen atoms in total. The number of hydrogen-bond acceptors (Lipinski definition) is 5. The van der Waals surface area contributed by atoms with Crippen molar-refractivity contribution < 1.29 is 14.5 Å². The van der Waals surface area contributed by atoms with Gasteiger partial charge in [0.25, 0.3) is 17.5 Å². The Morgan fingerprint density at radius 2 is 1.63 bits per heavy atom. The molecule has 0 saturated carbocycles. The lowest BCUT2D eigenvalue weighted by molar-refractivity contribution is -0.384. The Morgan fingerprint density at radius 1 is 1.04 bits per heavy atom. The molecule has 0 fully saturated rings. The standard InChI is InChI=1S/C18H19ClN4O4/c1-3-22(4-2)13-7-5-12(6-8-13)17(24)20-21-18(25)15-10-9-14(23(26)27)11-16(15)19/h5-11H,3-4H2,1-2H3,(H,20,24)(H,21,25). The summed E-state index contributed by atoms with van der Waals surface area (Å²) in [6.07, 6.45) is 0. The Labute approximate surface area is 161 Å². The van der Waals surface area contributed by atoms with E-state index in [1.165, 1.54) is 6.07 Å². The largest absolute Gasteiger partial charge is 0.372 e. The number of halogens is 1. The molecule has 0 radical (unpaired) electrons. The van der Waals surface area contributed by atoms with Crippen LogP contribution in [0.15, 0.2) is 42.5 Å². The van der Waals surface area contributed by atoms with E-state index in [0.717, 1.165) is 30.9 Å². The quantitative estimate of drug-likeness (QED) is 0.582. The van der Waals surface area contributed by atoms with Crippen LogP contribution in [0.25, 0.3) is 0 Å². The number of hydrogen-bond donors (Lipinski definition) is 2. The number of rotatable bonds is 6. The number of non-ortho nitro benzene ring substituents is 1. The molecule has 0 heterocycles. The topological polar surface area (TPSA) is 105 Å². The third kappa shape index (κ3) is 4.95. The Balaban J connectivity index is 2.00. The van der Waals surface area contributed by atoms with Crippen molar-refractivity contribution in [3.63, 3.8) is 0 Å². The maximum absolute atomic E-state index is 12.2. The molecule has 0 unspecified atom stereocenters. The second kappa shape index (κ2) is 9.00. The molecule has 0 saturated heterocycles. The molecular weight excluding hydrogens is 372 g/mol. The van der Waals surface area contributed by atoms with Gasteiger partial charge >= 0.3 is 0 Å². The Morgan fingerprint density at radius 3 is 2.15 bits per heavy atom. The summed E-state index contributed by atoms with van der Waals surface area (Å²) >= 11 is 5.89. The van der Waals surface area contributed by atoms with E-state index >= 15 is 0 Å². The van der Waals surface area contributed by atoms with Gasteiger partial charge in [0.1, 0.15) is 0 Å². The van der Waals surface area contributed by atoms with Crippen LogP contribution in [0.1, 0.15) is 34.6 Å². The number of hydrazine groups is 1. The fraction of sp³-hybridized carbons (Fsp3) is 0.222. The Bertz CT molecular complexity index is 851. The second-order valence-electron chi connectivity index (χ2n) is 5.55. The van der Waals surface area contributed by atoms with Crippen LogP contribution >= 0.6 is 11.6 Å². The van der Waals surface area contributed by atoms with Gasteiger partial charge < -0.3 is 4.90 Å². The molecule has 0 aliphatic rings. The minimum Gasteiger partial charge on any atom is -0.372 e.